The predicted octanol–water partition coefficient (Wildman–Crippen LogP) is 23.9. The Kier molecular flexibility index (Phi) is 65.8. The summed E-state index contributed by atoms with van der Waals surface area (Å²) in [7, 11) is 0. The number of allylic oxidation sites excluding steroid dienone is 20. The van der Waals surface area contributed by atoms with E-state index in [0.717, 1.165) is 128 Å². The van der Waals surface area contributed by atoms with Gasteiger partial charge in [0.2, 0.25) is 0 Å². The molecule has 0 aliphatic heterocycles. The van der Waals surface area contributed by atoms with Crippen LogP contribution < -0.4 is 0 Å². The topological polar surface area (TPSA) is 78.9 Å². The van der Waals surface area contributed by atoms with E-state index in [1.807, 2.05) is 0 Å². The van der Waals surface area contributed by atoms with Gasteiger partial charge in [0.05, 0.1) is 0 Å². The van der Waals surface area contributed by atoms with Crippen LogP contribution in [-0.2, 0) is 28.6 Å². The molecular weight excluding hydrogens is 1010 g/mol. The summed E-state index contributed by atoms with van der Waals surface area (Å²) in [5.74, 6) is -0.893. The second-order valence-electron chi connectivity index (χ2n) is 22.7. The lowest BCUT2D eigenvalue weighted by molar-refractivity contribution is -0.167. The molecular formula is C76H128O6. The zero-order chi connectivity index (χ0) is 59.2. The maximum absolute atomic E-state index is 12.9. The minimum Gasteiger partial charge on any atom is -0.462 e. The van der Waals surface area contributed by atoms with Gasteiger partial charge in [0.15, 0.2) is 6.10 Å². The molecule has 0 saturated heterocycles. The van der Waals surface area contributed by atoms with E-state index in [0.29, 0.717) is 19.3 Å². The molecule has 0 amide bonds. The first-order valence-electron chi connectivity index (χ1n) is 34.5. The first-order valence-corrected chi connectivity index (χ1v) is 34.5. The van der Waals surface area contributed by atoms with E-state index >= 15 is 0 Å². The third-order valence-electron chi connectivity index (χ3n) is 14.7. The van der Waals surface area contributed by atoms with E-state index < -0.39 is 6.10 Å². The molecule has 0 aliphatic rings. The highest BCUT2D eigenvalue weighted by Gasteiger charge is 2.19. The third kappa shape index (κ3) is 66.6. The van der Waals surface area contributed by atoms with Crippen LogP contribution >= 0.6 is 0 Å². The van der Waals surface area contributed by atoms with Crippen LogP contribution in [0.3, 0.4) is 0 Å². The largest absolute Gasteiger partial charge is 0.462 e. The van der Waals surface area contributed by atoms with Crippen LogP contribution in [-0.4, -0.2) is 37.2 Å². The highest BCUT2D eigenvalue weighted by molar-refractivity contribution is 5.71. The molecule has 82 heavy (non-hydrogen) atoms. The summed E-state index contributed by atoms with van der Waals surface area (Å²) in [5.41, 5.74) is 0. The lowest BCUT2D eigenvalue weighted by Crippen LogP contribution is -2.30. The van der Waals surface area contributed by atoms with Crippen LogP contribution in [0.15, 0.2) is 122 Å². The molecule has 0 aromatic carbocycles. The Bertz CT molecular complexity index is 1690. The quantitative estimate of drug-likeness (QED) is 0.0261. The van der Waals surface area contributed by atoms with Gasteiger partial charge in [-0.1, -0.05) is 309 Å². The molecule has 0 spiro atoms. The summed E-state index contributed by atoms with van der Waals surface area (Å²) in [6.07, 6.45) is 96.5. The Morgan fingerprint density at radius 3 is 0.780 bits per heavy atom. The van der Waals surface area contributed by atoms with Gasteiger partial charge < -0.3 is 14.2 Å². The van der Waals surface area contributed by atoms with Crippen LogP contribution in [0, 0.1) is 0 Å². The van der Waals surface area contributed by atoms with Gasteiger partial charge in [0.25, 0.3) is 0 Å². The normalized spacial score (nSPS) is 12.9. The number of rotatable bonds is 62. The van der Waals surface area contributed by atoms with Crippen molar-refractivity contribution in [2.75, 3.05) is 13.2 Å². The van der Waals surface area contributed by atoms with Crippen molar-refractivity contribution in [2.45, 2.75) is 329 Å². The SMILES string of the molecule is CC/C=C\C/C=C\C/C=C\C/C=C\C/C=C\C/C=C\C/C=C\C/C=C\C/C=C\CCCCCCCCCC(=O)OCC(COC(=O)CCCCCCC/C=C\CCCCC)OC(=O)CCCCCCCCCCCCCCCCCCC. The molecule has 0 N–H and O–H groups in total. The summed E-state index contributed by atoms with van der Waals surface area (Å²) in [4.78, 5) is 38.3. The number of hydrogen-bond donors (Lipinski definition) is 0. The Labute approximate surface area is 507 Å². The molecule has 0 fully saturated rings. The zero-order valence-electron chi connectivity index (χ0n) is 53.7. The number of carbonyl (C=O) groups excluding carboxylic acids is 3. The van der Waals surface area contributed by atoms with E-state index in [9.17, 15) is 14.4 Å². The summed E-state index contributed by atoms with van der Waals surface area (Å²) < 4.78 is 16.9. The molecule has 0 aliphatic carbocycles. The molecule has 0 aromatic rings. The lowest BCUT2D eigenvalue weighted by atomic mass is 10.0. The van der Waals surface area contributed by atoms with Crippen LogP contribution in [0.25, 0.3) is 0 Å². The number of hydrogen-bond acceptors (Lipinski definition) is 6. The third-order valence-corrected chi connectivity index (χ3v) is 14.7. The Morgan fingerprint density at radius 2 is 0.476 bits per heavy atom. The molecule has 0 radical (unpaired) electrons. The van der Waals surface area contributed by atoms with Crippen LogP contribution in [0.4, 0.5) is 0 Å². The molecule has 1 atom stereocenters. The van der Waals surface area contributed by atoms with Gasteiger partial charge in [-0.2, -0.15) is 0 Å². The number of esters is 3. The number of ether oxygens (including phenoxy) is 3. The van der Waals surface area contributed by atoms with Gasteiger partial charge in [-0.25, -0.2) is 0 Å². The monoisotopic (exact) mass is 1140 g/mol. The zero-order valence-corrected chi connectivity index (χ0v) is 53.7. The van der Waals surface area contributed by atoms with Crippen molar-refractivity contribution >= 4 is 17.9 Å². The average molecular weight is 1140 g/mol. The summed E-state index contributed by atoms with van der Waals surface area (Å²) >= 11 is 0. The molecule has 0 aromatic heterocycles. The Balaban J connectivity index is 4.25. The molecule has 1 unspecified atom stereocenters. The second-order valence-corrected chi connectivity index (χ2v) is 22.7. The fourth-order valence-electron chi connectivity index (χ4n) is 9.55. The smallest absolute Gasteiger partial charge is 0.306 e. The number of unbranched alkanes of at least 4 members (excludes halogenated alkanes) is 31. The van der Waals surface area contributed by atoms with Gasteiger partial charge in [0.1, 0.15) is 13.2 Å². The fourth-order valence-corrected chi connectivity index (χ4v) is 9.55. The van der Waals surface area contributed by atoms with Gasteiger partial charge in [-0.05, 0) is 116 Å². The molecule has 6 heteroatoms. The molecule has 0 rings (SSSR count). The maximum atomic E-state index is 12.9. The highest BCUT2D eigenvalue weighted by Crippen LogP contribution is 2.17. The molecule has 0 heterocycles. The summed E-state index contributed by atoms with van der Waals surface area (Å²) in [5, 5.41) is 0. The average Bonchev–Trinajstić information content (AvgIpc) is 3.47. The van der Waals surface area contributed by atoms with Crippen LogP contribution in [0.2, 0.25) is 0 Å². The van der Waals surface area contributed by atoms with Crippen LogP contribution in [0.1, 0.15) is 323 Å². The predicted molar refractivity (Wildman–Crippen MR) is 357 cm³/mol. The molecule has 0 bridgehead atoms. The second kappa shape index (κ2) is 69.3. The number of carbonyl (C=O) groups is 3. The van der Waals surface area contributed by atoms with Gasteiger partial charge in [-0.15, -0.1) is 0 Å². The first-order chi connectivity index (χ1) is 40.5. The van der Waals surface area contributed by atoms with Crippen molar-refractivity contribution in [3.05, 3.63) is 122 Å². The van der Waals surface area contributed by atoms with Crippen molar-refractivity contribution in [3.8, 4) is 0 Å². The van der Waals surface area contributed by atoms with E-state index in [2.05, 4.69) is 142 Å². The molecule has 468 valence electrons. The van der Waals surface area contributed by atoms with E-state index in [4.69, 9.17) is 14.2 Å². The van der Waals surface area contributed by atoms with E-state index in [1.165, 1.54) is 154 Å². The minimum atomic E-state index is -0.787. The summed E-state index contributed by atoms with van der Waals surface area (Å²) in [6.45, 7) is 6.51. The van der Waals surface area contributed by atoms with Crippen molar-refractivity contribution in [3.63, 3.8) is 0 Å². The molecule has 6 nitrogen and oxygen atoms in total. The Hall–Kier alpha value is -4.19. The van der Waals surface area contributed by atoms with Gasteiger partial charge >= 0.3 is 17.9 Å². The van der Waals surface area contributed by atoms with Crippen molar-refractivity contribution in [2.24, 2.45) is 0 Å². The standard InChI is InChI=1S/C76H128O6/c1-4-7-10-13-16-19-22-25-27-29-30-31-32-33-34-35-36-37-38-39-40-41-42-43-44-45-46-48-49-51-54-57-60-63-66-69-75(78)81-72-73(71-80-74(77)68-65-62-59-56-53-24-21-18-15-12-9-6-3)82-76(79)70-67-64-61-58-55-52-50-47-28-26-23-20-17-14-11-8-5-2/h7,10,16,18-19,21,25,27,30-31,33-34,36-37,39-40,42-43,45-46,73H,4-6,8-9,11-15,17,20,22-24,26,28-29,32,35,38,41,44,47-72H2,1-3H3/b10-7-,19-16-,21-18-,27-25-,31-30-,34-33-,37-36-,40-39-,43-42-,46-45-. The minimum absolute atomic E-state index is 0.0839. The lowest BCUT2D eigenvalue weighted by Gasteiger charge is -2.18. The van der Waals surface area contributed by atoms with Crippen molar-refractivity contribution < 1.29 is 28.6 Å². The van der Waals surface area contributed by atoms with E-state index in [1.54, 1.807) is 0 Å². The summed E-state index contributed by atoms with van der Waals surface area (Å²) in [6, 6.07) is 0. The Morgan fingerprint density at radius 1 is 0.256 bits per heavy atom. The van der Waals surface area contributed by atoms with Gasteiger partial charge in [0, 0.05) is 19.3 Å². The van der Waals surface area contributed by atoms with E-state index in [-0.39, 0.29) is 31.1 Å². The maximum Gasteiger partial charge on any atom is 0.306 e. The fraction of sp³-hybridized carbons (Fsp3) is 0.697. The van der Waals surface area contributed by atoms with Crippen molar-refractivity contribution in [1.29, 1.82) is 0 Å². The first kappa shape index (κ1) is 77.8. The highest BCUT2D eigenvalue weighted by atomic mass is 16.6. The molecule has 0 saturated carbocycles. The van der Waals surface area contributed by atoms with Crippen molar-refractivity contribution in [1.82, 2.24) is 0 Å². The van der Waals surface area contributed by atoms with Gasteiger partial charge in [-0.3, -0.25) is 14.4 Å². The van der Waals surface area contributed by atoms with Crippen LogP contribution in [0.5, 0.6) is 0 Å².